The van der Waals surface area contributed by atoms with Crippen LogP contribution in [0.3, 0.4) is 0 Å². The van der Waals surface area contributed by atoms with E-state index in [1.54, 1.807) is 6.92 Å². The monoisotopic (exact) mass is 407 g/mol. The molecule has 0 saturated carbocycles. The minimum Gasteiger partial charge on any atom is -0.301 e. The summed E-state index contributed by atoms with van der Waals surface area (Å²) in [5, 5.41) is 2.73. The molecule has 26 heavy (non-hydrogen) atoms. The fourth-order valence-electron chi connectivity index (χ4n) is 2.02. The third-order valence-electron chi connectivity index (χ3n) is 3.47. The molecule has 1 atom stereocenters. The van der Waals surface area contributed by atoms with Gasteiger partial charge in [0, 0.05) is 4.88 Å². The van der Waals surface area contributed by atoms with Crippen molar-refractivity contribution in [3.05, 3.63) is 40.4 Å². The van der Waals surface area contributed by atoms with Gasteiger partial charge in [-0.25, -0.2) is 13.4 Å². The van der Waals surface area contributed by atoms with E-state index in [2.05, 4.69) is 10.3 Å². The largest absolute Gasteiger partial charge is 0.417 e. The molecule has 1 aromatic heterocycles. The van der Waals surface area contributed by atoms with E-state index in [1.807, 2.05) is 11.6 Å². The molecule has 11 heteroatoms. The van der Waals surface area contributed by atoms with Gasteiger partial charge >= 0.3 is 6.18 Å². The molecule has 0 bridgehead atoms. The highest BCUT2D eigenvalue weighted by molar-refractivity contribution is 7.89. The fourth-order valence-corrected chi connectivity index (χ4v) is 4.27. The van der Waals surface area contributed by atoms with Crippen molar-refractivity contribution in [3.8, 4) is 0 Å². The van der Waals surface area contributed by atoms with Crippen LogP contribution in [-0.4, -0.2) is 25.4 Å². The fraction of sp³-hybridized carbons (Fsp3) is 0.333. The Bertz CT molecular complexity index is 904. The third-order valence-corrected chi connectivity index (χ3v) is 6.05. The van der Waals surface area contributed by atoms with Gasteiger partial charge in [0.1, 0.15) is 0 Å². The number of anilines is 1. The van der Waals surface area contributed by atoms with Crippen molar-refractivity contribution in [2.24, 2.45) is 0 Å². The quantitative estimate of drug-likeness (QED) is 0.797. The van der Waals surface area contributed by atoms with E-state index >= 15 is 0 Å². The third kappa shape index (κ3) is 4.59. The van der Waals surface area contributed by atoms with E-state index in [0.717, 1.165) is 22.7 Å². The van der Waals surface area contributed by atoms with E-state index in [9.17, 15) is 26.4 Å². The highest BCUT2D eigenvalue weighted by Crippen LogP contribution is 2.34. The minimum atomic E-state index is -4.84. The topological polar surface area (TPSA) is 88.2 Å². The first kappa shape index (κ1) is 20.3. The molecule has 0 radical (unpaired) electrons. The van der Waals surface area contributed by atoms with Gasteiger partial charge in [-0.2, -0.15) is 17.9 Å². The number of aryl methyl sites for hydroxylation is 2. The molecule has 2 rings (SSSR count). The maximum Gasteiger partial charge on any atom is 0.417 e. The summed E-state index contributed by atoms with van der Waals surface area (Å²) in [6.07, 6.45) is -4.84. The molecule has 142 valence electrons. The van der Waals surface area contributed by atoms with E-state index in [0.29, 0.717) is 6.07 Å². The lowest BCUT2D eigenvalue weighted by Gasteiger charge is -2.16. The number of rotatable bonds is 5. The molecule has 0 spiro atoms. The zero-order chi connectivity index (χ0) is 19.7. The Balaban J connectivity index is 2.20. The number of hydrogen-bond donors (Lipinski definition) is 2. The second-order valence-corrected chi connectivity index (χ2v) is 8.37. The van der Waals surface area contributed by atoms with Crippen LogP contribution in [0.1, 0.15) is 23.1 Å². The van der Waals surface area contributed by atoms with Crippen LogP contribution >= 0.6 is 11.3 Å². The first-order chi connectivity index (χ1) is 11.9. The van der Waals surface area contributed by atoms with Crippen molar-refractivity contribution < 1.29 is 26.4 Å². The van der Waals surface area contributed by atoms with Crippen LogP contribution < -0.4 is 10.0 Å². The number of hydrogen-bond acceptors (Lipinski definition) is 5. The summed E-state index contributed by atoms with van der Waals surface area (Å²) in [5.74, 6) is -0.730. The van der Waals surface area contributed by atoms with Gasteiger partial charge in [-0.1, -0.05) is 12.1 Å². The summed E-state index contributed by atoms with van der Waals surface area (Å²) in [6, 6.07) is 2.47. The normalized spacial score (nSPS) is 13.5. The lowest BCUT2D eigenvalue weighted by Crippen LogP contribution is -2.42. The minimum absolute atomic E-state index is 0.284. The number of nitrogens with zero attached hydrogens (tertiary/aromatic N) is 1. The van der Waals surface area contributed by atoms with Crippen molar-refractivity contribution in [1.82, 2.24) is 9.71 Å². The number of carbonyl (C=O) groups is 1. The highest BCUT2D eigenvalue weighted by Gasteiger charge is 2.37. The molecule has 0 fully saturated rings. The van der Waals surface area contributed by atoms with Gasteiger partial charge in [-0.3, -0.25) is 4.79 Å². The van der Waals surface area contributed by atoms with Crippen LogP contribution in [-0.2, 0) is 21.0 Å². The zero-order valence-electron chi connectivity index (χ0n) is 14.0. The smallest absolute Gasteiger partial charge is 0.301 e. The summed E-state index contributed by atoms with van der Waals surface area (Å²) >= 11 is 1.21. The number of thiazole rings is 1. The molecule has 1 aromatic carbocycles. The van der Waals surface area contributed by atoms with Crippen LogP contribution in [0.15, 0.2) is 29.2 Å². The summed E-state index contributed by atoms with van der Waals surface area (Å²) in [6.45, 7) is 4.79. The Hall–Kier alpha value is -1.98. The van der Waals surface area contributed by atoms with Crippen LogP contribution in [0.4, 0.5) is 18.3 Å². The molecule has 2 N–H and O–H groups in total. The molecule has 0 saturated heterocycles. The van der Waals surface area contributed by atoms with Gasteiger partial charge in [0.25, 0.3) is 0 Å². The number of carbonyl (C=O) groups excluding carboxylic acids is 1. The number of aromatic nitrogens is 1. The predicted molar refractivity (Wildman–Crippen MR) is 91.4 cm³/mol. The average molecular weight is 407 g/mol. The Morgan fingerprint density at radius 2 is 1.85 bits per heavy atom. The average Bonchev–Trinajstić information content (AvgIpc) is 2.84. The van der Waals surface area contributed by atoms with E-state index in [4.69, 9.17) is 0 Å². The standard InChI is InChI=1S/C15H16F3N3O3S2/c1-8-10(3)25-14(19-8)20-13(22)9(2)21-26(23,24)12-7-5-4-6-11(12)15(16,17)18/h4-7,9,21H,1-3H3,(H,19,20,22)/t9-/m0/s1. The van der Waals surface area contributed by atoms with Crippen LogP contribution in [0.5, 0.6) is 0 Å². The Labute approximate surface area is 152 Å². The van der Waals surface area contributed by atoms with Gasteiger partial charge in [-0.15, -0.1) is 11.3 Å². The van der Waals surface area contributed by atoms with E-state index < -0.39 is 38.6 Å². The second kappa shape index (κ2) is 7.33. The molecular formula is C15H16F3N3O3S2. The van der Waals surface area contributed by atoms with Crippen molar-refractivity contribution >= 4 is 32.4 Å². The molecular weight excluding hydrogens is 391 g/mol. The molecule has 1 heterocycles. The number of alkyl halides is 3. The number of benzene rings is 1. The Morgan fingerprint density at radius 1 is 1.23 bits per heavy atom. The van der Waals surface area contributed by atoms with Crippen molar-refractivity contribution in [3.63, 3.8) is 0 Å². The van der Waals surface area contributed by atoms with Gasteiger partial charge in [0.15, 0.2) is 5.13 Å². The molecule has 2 aromatic rings. The van der Waals surface area contributed by atoms with Crippen LogP contribution in [0, 0.1) is 13.8 Å². The molecule has 1 amide bonds. The van der Waals surface area contributed by atoms with Crippen LogP contribution in [0.25, 0.3) is 0 Å². The SMILES string of the molecule is Cc1nc(NC(=O)[C@H](C)NS(=O)(=O)c2ccccc2C(F)(F)F)sc1C. The van der Waals surface area contributed by atoms with Gasteiger partial charge in [0.2, 0.25) is 15.9 Å². The molecule has 6 nitrogen and oxygen atoms in total. The first-order valence-electron chi connectivity index (χ1n) is 7.35. The van der Waals surface area contributed by atoms with E-state index in [-0.39, 0.29) is 5.13 Å². The number of amides is 1. The number of sulfonamides is 1. The van der Waals surface area contributed by atoms with Gasteiger partial charge in [-0.05, 0) is 32.9 Å². The van der Waals surface area contributed by atoms with Crippen LogP contribution in [0.2, 0.25) is 0 Å². The first-order valence-corrected chi connectivity index (χ1v) is 9.65. The molecule has 0 aliphatic rings. The summed E-state index contributed by atoms with van der Waals surface area (Å²) < 4.78 is 65.7. The predicted octanol–water partition coefficient (Wildman–Crippen LogP) is 3.08. The lowest BCUT2D eigenvalue weighted by molar-refractivity contribution is -0.139. The maximum absolute atomic E-state index is 13.0. The highest BCUT2D eigenvalue weighted by atomic mass is 32.2. The number of halogens is 3. The maximum atomic E-state index is 13.0. The van der Waals surface area contributed by atoms with Crippen molar-refractivity contribution in [2.75, 3.05) is 5.32 Å². The van der Waals surface area contributed by atoms with Gasteiger partial charge in [0.05, 0.1) is 22.2 Å². The summed E-state index contributed by atoms with van der Waals surface area (Å²) in [4.78, 5) is 16.2. The second-order valence-electron chi connectivity index (χ2n) is 5.49. The molecule has 0 aliphatic carbocycles. The number of nitrogens with one attached hydrogen (secondary N) is 2. The van der Waals surface area contributed by atoms with Crippen molar-refractivity contribution in [1.29, 1.82) is 0 Å². The summed E-state index contributed by atoms with van der Waals surface area (Å²) in [7, 11) is -4.56. The Morgan fingerprint density at radius 3 is 2.38 bits per heavy atom. The molecule has 0 aliphatic heterocycles. The summed E-state index contributed by atoms with van der Waals surface area (Å²) in [5.41, 5.74) is -0.580. The van der Waals surface area contributed by atoms with E-state index in [1.165, 1.54) is 24.3 Å². The van der Waals surface area contributed by atoms with Crippen molar-refractivity contribution in [2.45, 2.75) is 37.9 Å². The Kier molecular flexibility index (Phi) is 5.73. The van der Waals surface area contributed by atoms with Gasteiger partial charge < -0.3 is 5.32 Å². The molecule has 0 unspecified atom stereocenters. The zero-order valence-corrected chi connectivity index (χ0v) is 15.6. The lowest BCUT2D eigenvalue weighted by atomic mass is 10.2.